The van der Waals surface area contributed by atoms with Crippen molar-refractivity contribution in [2.24, 2.45) is 23.5 Å². The van der Waals surface area contributed by atoms with E-state index >= 15 is 0 Å². The van der Waals surface area contributed by atoms with Crippen LogP contribution in [0.1, 0.15) is 145 Å². The van der Waals surface area contributed by atoms with E-state index in [4.69, 9.17) is 5.73 Å². The molecule has 0 aromatic heterocycles. The van der Waals surface area contributed by atoms with Gasteiger partial charge in [0.15, 0.2) is 0 Å². The molecule has 1 saturated heterocycles. The van der Waals surface area contributed by atoms with E-state index in [0.29, 0.717) is 44.8 Å². The highest BCUT2D eigenvalue weighted by molar-refractivity contribution is 6.00. The highest BCUT2D eigenvalue weighted by Crippen LogP contribution is 2.24. The van der Waals surface area contributed by atoms with Crippen molar-refractivity contribution in [3.05, 3.63) is 0 Å². The van der Waals surface area contributed by atoms with Crippen molar-refractivity contribution in [2.45, 2.75) is 187 Å². The normalized spacial score (nSPS) is 23.4. The minimum absolute atomic E-state index is 0.00798. The molecule has 1 aliphatic rings. The van der Waals surface area contributed by atoms with Crippen LogP contribution in [0, 0.1) is 17.8 Å². The number of nitrogens with one attached hydrogen (secondary N) is 7. The minimum Gasteiger partial charge on any atom is -0.481 e. The van der Waals surface area contributed by atoms with Gasteiger partial charge >= 0.3 is 11.9 Å². The van der Waals surface area contributed by atoms with Gasteiger partial charge in [-0.1, -0.05) is 87.0 Å². The fraction of sp³-hybridized carbons (Fsp3) is 0.767. The van der Waals surface area contributed by atoms with Gasteiger partial charge in [0.2, 0.25) is 41.4 Å². The second kappa shape index (κ2) is 27.1. The van der Waals surface area contributed by atoms with Crippen molar-refractivity contribution in [1.82, 2.24) is 37.2 Å². The molecule has 1 heterocycles. The summed E-state index contributed by atoms with van der Waals surface area (Å²) in [5.74, 6) is -9.02. The Balaban J connectivity index is 3.63. The molecule has 20 heteroatoms. The van der Waals surface area contributed by atoms with Crippen LogP contribution in [0.25, 0.3) is 0 Å². The minimum atomic E-state index is -1.79. The van der Waals surface area contributed by atoms with E-state index in [1.54, 1.807) is 34.6 Å². The third-order valence-electron chi connectivity index (χ3n) is 10.9. The quantitative estimate of drug-likeness (QED) is 0.0762. The Morgan fingerprint density at radius 1 is 0.746 bits per heavy atom. The number of rotatable bonds is 20. The first-order chi connectivity index (χ1) is 29.4. The molecule has 0 radical (unpaired) electrons. The zero-order valence-corrected chi connectivity index (χ0v) is 38.4. The molecule has 1 aliphatic heterocycles. The monoisotopic (exact) mass is 895 g/mol. The van der Waals surface area contributed by atoms with Crippen molar-refractivity contribution in [1.29, 1.82) is 0 Å². The number of aldehydes is 1. The molecule has 7 atom stereocenters. The molecule has 0 saturated carbocycles. The smallest absolute Gasteiger partial charge is 0.305 e. The number of carbonyl (C=O) groups excluding carboxylic acids is 8. The van der Waals surface area contributed by atoms with Crippen LogP contribution in [0.2, 0.25) is 0 Å². The van der Waals surface area contributed by atoms with Crippen LogP contribution in [0.3, 0.4) is 0 Å². The summed E-state index contributed by atoms with van der Waals surface area (Å²) in [6.45, 7) is 13.5. The molecular formula is C43H74N8O12. The molecule has 1 rings (SSSR count). The standard InChI is InChI=1S/C43H74N8O12/c1-9-43(50-33(53)23-44)17-15-13-11-10-12-14-16-42(8,51-39(61)32(22-35(56)57)47-38(60)30(20-27(6)7)49-41(43)63)40(62)48-29(19-26(4)5)37(59)46-31(21-34(54)55)36(58)45-28(24-52)18-25(2)3/h24-32H,9-23,44H2,1-8H3,(H,45,58)(H,46,59)(H,47,60)(H,48,62)(H,49,63)(H,50,53)(H,51,61)(H,54,55)(H,56,57)/t28-,29-,30-,31-,32-,42-,43+/m0/s1. The van der Waals surface area contributed by atoms with Crippen molar-refractivity contribution < 1.29 is 58.2 Å². The Hall–Kier alpha value is -5.14. The lowest BCUT2D eigenvalue weighted by molar-refractivity contribution is -0.143. The van der Waals surface area contributed by atoms with Crippen LogP contribution in [-0.4, -0.2) is 118 Å². The van der Waals surface area contributed by atoms with Gasteiger partial charge in [0, 0.05) is 0 Å². The van der Waals surface area contributed by atoms with Gasteiger partial charge in [-0.05, 0) is 63.2 Å². The molecule has 0 aliphatic carbocycles. The maximum absolute atomic E-state index is 14.4. The van der Waals surface area contributed by atoms with Gasteiger partial charge in [-0.25, -0.2) is 0 Å². The fourth-order valence-electron chi connectivity index (χ4n) is 7.45. The van der Waals surface area contributed by atoms with E-state index in [1.807, 2.05) is 13.8 Å². The zero-order valence-electron chi connectivity index (χ0n) is 38.4. The summed E-state index contributed by atoms with van der Waals surface area (Å²) < 4.78 is 0. The molecule has 0 aromatic rings. The predicted octanol–water partition coefficient (Wildman–Crippen LogP) is 0.930. The van der Waals surface area contributed by atoms with E-state index in [1.165, 1.54) is 6.92 Å². The van der Waals surface area contributed by atoms with Crippen molar-refractivity contribution in [3.63, 3.8) is 0 Å². The Kier molecular flexibility index (Phi) is 24.1. The van der Waals surface area contributed by atoms with E-state index in [-0.39, 0.29) is 62.8 Å². The van der Waals surface area contributed by atoms with Gasteiger partial charge in [-0.2, -0.15) is 0 Å². The number of hydrogen-bond acceptors (Lipinski definition) is 11. The lowest BCUT2D eigenvalue weighted by Gasteiger charge is -2.35. The van der Waals surface area contributed by atoms with E-state index in [2.05, 4.69) is 37.2 Å². The lowest BCUT2D eigenvalue weighted by atomic mass is 9.86. The van der Waals surface area contributed by atoms with E-state index in [9.17, 15) is 58.2 Å². The third kappa shape index (κ3) is 19.8. The van der Waals surface area contributed by atoms with Crippen LogP contribution in [0.5, 0.6) is 0 Å². The molecule has 11 N–H and O–H groups in total. The van der Waals surface area contributed by atoms with E-state index < -0.39 is 107 Å². The van der Waals surface area contributed by atoms with Crippen LogP contribution >= 0.6 is 0 Å². The number of hydrogen-bond donors (Lipinski definition) is 10. The first-order valence-corrected chi connectivity index (χ1v) is 22.2. The fourth-order valence-corrected chi connectivity index (χ4v) is 7.45. The van der Waals surface area contributed by atoms with Crippen molar-refractivity contribution in [2.75, 3.05) is 6.54 Å². The Bertz CT molecular complexity index is 1610. The number of carboxylic acid groups (broad SMARTS) is 2. The maximum Gasteiger partial charge on any atom is 0.305 e. The second-order valence-electron chi connectivity index (χ2n) is 18.1. The summed E-state index contributed by atoms with van der Waals surface area (Å²) >= 11 is 0. The Morgan fingerprint density at radius 3 is 1.83 bits per heavy atom. The first-order valence-electron chi connectivity index (χ1n) is 22.2. The summed E-state index contributed by atoms with van der Waals surface area (Å²) in [6.07, 6.45) is 3.15. The first kappa shape index (κ1) is 55.9. The molecule has 0 spiro atoms. The molecule has 0 bridgehead atoms. The molecule has 0 unspecified atom stereocenters. The van der Waals surface area contributed by atoms with Gasteiger partial charge < -0.3 is 58.0 Å². The number of nitrogens with two attached hydrogens (primary N) is 1. The summed E-state index contributed by atoms with van der Waals surface area (Å²) in [4.78, 5) is 131. The Morgan fingerprint density at radius 2 is 1.32 bits per heavy atom. The molecule has 63 heavy (non-hydrogen) atoms. The van der Waals surface area contributed by atoms with Crippen LogP contribution < -0.4 is 43.0 Å². The maximum atomic E-state index is 14.4. The average molecular weight is 895 g/mol. The Labute approximate surface area is 370 Å². The van der Waals surface area contributed by atoms with Gasteiger partial charge in [0.05, 0.1) is 25.4 Å². The van der Waals surface area contributed by atoms with Gasteiger partial charge in [0.1, 0.15) is 41.5 Å². The molecule has 1 fully saturated rings. The van der Waals surface area contributed by atoms with Crippen molar-refractivity contribution >= 4 is 59.6 Å². The molecule has 358 valence electrons. The lowest BCUT2D eigenvalue weighted by Crippen LogP contribution is -2.65. The summed E-state index contributed by atoms with van der Waals surface area (Å²) in [5, 5.41) is 37.5. The van der Waals surface area contributed by atoms with Crippen LogP contribution in [0.4, 0.5) is 0 Å². The third-order valence-corrected chi connectivity index (χ3v) is 10.9. The van der Waals surface area contributed by atoms with Gasteiger partial charge in [-0.3, -0.25) is 43.2 Å². The average Bonchev–Trinajstić information content (AvgIpc) is 3.18. The highest BCUT2D eigenvalue weighted by atomic mass is 16.4. The zero-order chi connectivity index (χ0) is 48.1. The number of carbonyl (C=O) groups is 10. The molecule has 7 amide bonds. The summed E-state index contributed by atoms with van der Waals surface area (Å²) in [5.41, 5.74) is 2.40. The van der Waals surface area contributed by atoms with Crippen LogP contribution in [0.15, 0.2) is 0 Å². The molecule has 20 nitrogen and oxygen atoms in total. The summed E-state index contributed by atoms with van der Waals surface area (Å²) in [7, 11) is 0. The van der Waals surface area contributed by atoms with Crippen LogP contribution in [-0.2, 0) is 47.9 Å². The number of amides is 7. The summed E-state index contributed by atoms with van der Waals surface area (Å²) in [6, 6.07) is -6.91. The molecular weight excluding hydrogens is 821 g/mol. The topological polar surface area (TPSA) is 321 Å². The number of carboxylic acids is 2. The highest BCUT2D eigenvalue weighted by Gasteiger charge is 2.42. The van der Waals surface area contributed by atoms with Crippen molar-refractivity contribution in [3.8, 4) is 0 Å². The second-order valence-corrected chi connectivity index (χ2v) is 18.1. The van der Waals surface area contributed by atoms with Gasteiger partial charge in [0.25, 0.3) is 0 Å². The SMILES string of the molecule is CC[C@@]1(NC(=O)CN)CCCCCCCC[C@@](C)(C(=O)N[C@@H](CC(C)C)C(=O)N[C@@H](CC(=O)O)C(=O)N[C@H](C=O)CC(C)C)NC(=O)[C@H](CC(=O)O)NC(=O)[C@H](CC(C)C)NC1=O. The van der Waals surface area contributed by atoms with E-state index in [0.717, 1.165) is 0 Å². The largest absolute Gasteiger partial charge is 0.481 e. The van der Waals surface area contributed by atoms with Gasteiger partial charge in [-0.15, -0.1) is 0 Å². The predicted molar refractivity (Wildman–Crippen MR) is 232 cm³/mol. The molecule has 0 aromatic carbocycles. The number of aliphatic carboxylic acids is 2.